The number of aliphatic hydroxyl groups excluding tert-OH is 1. The molecule has 3 nitrogen and oxygen atoms in total. The number of benzene rings is 1. The van der Waals surface area contributed by atoms with Crippen LogP contribution >= 0.6 is 15.9 Å². The monoisotopic (exact) mass is 303 g/mol. The van der Waals surface area contributed by atoms with Crippen molar-refractivity contribution in [1.82, 2.24) is 4.90 Å². The minimum Gasteiger partial charge on any atom is -0.396 e. The maximum Gasteiger partial charge on any atom is 0.254 e. The molecule has 1 aromatic rings. The van der Waals surface area contributed by atoms with Gasteiger partial charge in [0.1, 0.15) is 5.82 Å². The van der Waals surface area contributed by atoms with Gasteiger partial charge in [0.2, 0.25) is 0 Å². The van der Waals surface area contributed by atoms with E-state index in [9.17, 15) is 9.18 Å². The molecule has 0 saturated heterocycles. The van der Waals surface area contributed by atoms with Gasteiger partial charge in [-0.15, -0.1) is 0 Å². The molecule has 5 heteroatoms. The maximum atomic E-state index is 12.9. The van der Waals surface area contributed by atoms with E-state index < -0.39 is 0 Å². The van der Waals surface area contributed by atoms with Crippen LogP contribution in [0.2, 0.25) is 0 Å². The van der Waals surface area contributed by atoms with Crippen LogP contribution in [-0.4, -0.2) is 35.6 Å². The van der Waals surface area contributed by atoms with Gasteiger partial charge in [-0.1, -0.05) is 0 Å². The second-order valence-electron chi connectivity index (χ2n) is 3.59. The Morgan fingerprint density at radius 1 is 1.53 bits per heavy atom. The van der Waals surface area contributed by atoms with Gasteiger partial charge in [0.15, 0.2) is 0 Å². The second-order valence-corrected chi connectivity index (χ2v) is 4.44. The third-order valence-corrected chi connectivity index (χ3v) is 3.07. The number of hydrogen-bond acceptors (Lipinski definition) is 2. The Labute approximate surface area is 108 Å². The van der Waals surface area contributed by atoms with Crippen LogP contribution in [0.1, 0.15) is 23.7 Å². The molecule has 1 amide bonds. The third kappa shape index (κ3) is 3.78. The lowest BCUT2D eigenvalue weighted by Crippen LogP contribution is -2.32. The summed E-state index contributed by atoms with van der Waals surface area (Å²) >= 11 is 3.18. The van der Waals surface area contributed by atoms with E-state index in [2.05, 4.69) is 15.9 Å². The van der Waals surface area contributed by atoms with Gasteiger partial charge in [-0.3, -0.25) is 4.79 Å². The molecule has 94 valence electrons. The van der Waals surface area contributed by atoms with Crippen LogP contribution in [0.25, 0.3) is 0 Å². The Morgan fingerprint density at radius 3 is 2.76 bits per heavy atom. The van der Waals surface area contributed by atoms with E-state index in [0.29, 0.717) is 29.5 Å². The summed E-state index contributed by atoms with van der Waals surface area (Å²) in [5, 5.41) is 8.76. The van der Waals surface area contributed by atoms with E-state index in [1.54, 1.807) is 4.90 Å². The average Bonchev–Trinajstić information content (AvgIpc) is 2.29. The van der Waals surface area contributed by atoms with Crippen molar-refractivity contribution in [2.24, 2.45) is 0 Å². The zero-order chi connectivity index (χ0) is 12.8. The van der Waals surface area contributed by atoms with Crippen molar-refractivity contribution in [3.63, 3.8) is 0 Å². The van der Waals surface area contributed by atoms with Gasteiger partial charge in [-0.25, -0.2) is 4.39 Å². The Kier molecular flexibility index (Phi) is 5.58. The first kappa shape index (κ1) is 14.1. The van der Waals surface area contributed by atoms with Crippen molar-refractivity contribution < 1.29 is 14.3 Å². The minimum absolute atomic E-state index is 0.0500. The molecule has 0 spiro atoms. The van der Waals surface area contributed by atoms with Gasteiger partial charge in [0.05, 0.1) is 5.56 Å². The number of nitrogens with zero attached hydrogens (tertiary/aromatic N) is 1. The highest BCUT2D eigenvalue weighted by Crippen LogP contribution is 2.19. The maximum absolute atomic E-state index is 12.9. The molecule has 0 aliphatic rings. The van der Waals surface area contributed by atoms with E-state index in [0.717, 1.165) is 0 Å². The number of hydrogen-bond donors (Lipinski definition) is 1. The van der Waals surface area contributed by atoms with Crippen molar-refractivity contribution in [1.29, 1.82) is 0 Å². The van der Waals surface area contributed by atoms with Crippen LogP contribution in [-0.2, 0) is 0 Å². The Hall–Kier alpha value is -0.940. The van der Waals surface area contributed by atoms with E-state index >= 15 is 0 Å². The van der Waals surface area contributed by atoms with Crippen molar-refractivity contribution >= 4 is 21.8 Å². The number of carbonyl (C=O) groups is 1. The average molecular weight is 304 g/mol. The van der Waals surface area contributed by atoms with E-state index in [-0.39, 0.29) is 18.3 Å². The van der Waals surface area contributed by atoms with E-state index in [1.165, 1.54) is 18.2 Å². The minimum atomic E-state index is -0.383. The number of amides is 1. The number of rotatable bonds is 5. The zero-order valence-corrected chi connectivity index (χ0v) is 11.2. The summed E-state index contributed by atoms with van der Waals surface area (Å²) in [6, 6.07) is 3.99. The molecule has 0 unspecified atom stereocenters. The molecule has 0 radical (unpaired) electrons. The predicted octanol–water partition coefficient (Wildman–Crippen LogP) is 2.43. The molecule has 0 bridgehead atoms. The predicted molar refractivity (Wildman–Crippen MR) is 67.4 cm³/mol. The Morgan fingerprint density at radius 2 is 2.24 bits per heavy atom. The summed E-state index contributed by atoms with van der Waals surface area (Å²) in [7, 11) is 0. The smallest absolute Gasteiger partial charge is 0.254 e. The molecule has 0 atom stereocenters. The van der Waals surface area contributed by atoms with Gasteiger partial charge in [0.25, 0.3) is 5.91 Å². The van der Waals surface area contributed by atoms with Crippen molar-refractivity contribution in [3.05, 3.63) is 34.1 Å². The molecule has 0 saturated carbocycles. The first-order chi connectivity index (χ1) is 8.10. The lowest BCUT2D eigenvalue weighted by atomic mass is 10.2. The fraction of sp³-hybridized carbons (Fsp3) is 0.417. The summed E-state index contributed by atoms with van der Waals surface area (Å²) in [5.41, 5.74) is 0.436. The summed E-state index contributed by atoms with van der Waals surface area (Å²) in [6.45, 7) is 2.97. The van der Waals surface area contributed by atoms with Crippen LogP contribution < -0.4 is 0 Å². The SMILES string of the molecule is CCN(CCCO)C(=O)c1ccc(F)cc1Br. The Balaban J connectivity index is 2.86. The number of carbonyl (C=O) groups excluding carboxylic acids is 1. The van der Waals surface area contributed by atoms with Gasteiger partial charge < -0.3 is 10.0 Å². The van der Waals surface area contributed by atoms with Gasteiger partial charge >= 0.3 is 0 Å². The summed E-state index contributed by atoms with van der Waals surface area (Å²) in [4.78, 5) is 13.7. The number of halogens is 2. The van der Waals surface area contributed by atoms with E-state index in [1.807, 2.05) is 6.92 Å². The molecule has 0 heterocycles. The topological polar surface area (TPSA) is 40.5 Å². The first-order valence-electron chi connectivity index (χ1n) is 5.45. The lowest BCUT2D eigenvalue weighted by Gasteiger charge is -2.21. The highest BCUT2D eigenvalue weighted by molar-refractivity contribution is 9.10. The second kappa shape index (κ2) is 6.71. The van der Waals surface area contributed by atoms with Gasteiger partial charge in [-0.05, 0) is 47.5 Å². The highest BCUT2D eigenvalue weighted by Gasteiger charge is 2.16. The highest BCUT2D eigenvalue weighted by atomic mass is 79.9. The quantitative estimate of drug-likeness (QED) is 0.907. The van der Waals surface area contributed by atoms with Crippen molar-refractivity contribution in [3.8, 4) is 0 Å². The first-order valence-corrected chi connectivity index (χ1v) is 6.24. The molecule has 1 N–H and O–H groups in total. The van der Waals surface area contributed by atoms with Crippen LogP contribution in [0.15, 0.2) is 22.7 Å². The normalized spacial score (nSPS) is 10.4. The molecular formula is C12H15BrFNO2. The van der Waals surface area contributed by atoms with Gasteiger partial charge in [-0.2, -0.15) is 0 Å². The molecule has 0 aliphatic heterocycles. The molecule has 1 aromatic carbocycles. The molecule has 1 rings (SSSR count). The summed E-state index contributed by atoms with van der Waals surface area (Å²) < 4.78 is 13.4. The van der Waals surface area contributed by atoms with Crippen molar-refractivity contribution in [2.75, 3.05) is 19.7 Å². The zero-order valence-electron chi connectivity index (χ0n) is 9.62. The van der Waals surface area contributed by atoms with Crippen LogP contribution in [0.3, 0.4) is 0 Å². The number of aliphatic hydroxyl groups is 1. The Bertz CT molecular complexity index is 398. The van der Waals surface area contributed by atoms with E-state index in [4.69, 9.17) is 5.11 Å². The fourth-order valence-corrected chi connectivity index (χ4v) is 2.02. The molecule has 0 aliphatic carbocycles. The van der Waals surface area contributed by atoms with Crippen molar-refractivity contribution in [2.45, 2.75) is 13.3 Å². The summed E-state index contributed by atoms with van der Waals surface area (Å²) in [5.74, 6) is -0.542. The molecule has 17 heavy (non-hydrogen) atoms. The van der Waals surface area contributed by atoms with Crippen LogP contribution in [0.5, 0.6) is 0 Å². The lowest BCUT2D eigenvalue weighted by molar-refractivity contribution is 0.0753. The van der Waals surface area contributed by atoms with Crippen LogP contribution in [0.4, 0.5) is 4.39 Å². The standard InChI is InChI=1S/C12H15BrFNO2/c1-2-15(6-3-7-16)12(17)10-5-4-9(14)8-11(10)13/h4-5,8,16H,2-3,6-7H2,1H3. The molecule has 0 aromatic heterocycles. The van der Waals surface area contributed by atoms with Gasteiger partial charge in [0, 0.05) is 24.2 Å². The fourth-order valence-electron chi connectivity index (χ4n) is 1.50. The third-order valence-electron chi connectivity index (χ3n) is 2.42. The van der Waals surface area contributed by atoms with Crippen LogP contribution in [0, 0.1) is 5.82 Å². The summed E-state index contributed by atoms with van der Waals surface area (Å²) in [6.07, 6.45) is 0.540. The molecular weight excluding hydrogens is 289 g/mol. The molecule has 0 fully saturated rings. The largest absolute Gasteiger partial charge is 0.396 e.